The zero-order chi connectivity index (χ0) is 20.9. The van der Waals surface area contributed by atoms with Crippen molar-refractivity contribution in [3.05, 3.63) is 35.4 Å². The molecule has 0 bridgehead atoms. The van der Waals surface area contributed by atoms with E-state index >= 15 is 0 Å². The Hall–Kier alpha value is -2.94. The first kappa shape index (κ1) is 21.4. The van der Waals surface area contributed by atoms with Crippen molar-refractivity contribution in [2.75, 3.05) is 6.54 Å². The second-order valence-corrected chi connectivity index (χ2v) is 7.31. The standard InChI is InChI=1S/C19H24N2O7/c1-19(2,3)27-18(26)20-11-7-6-10-14(17(24)25)28-21-15(22)12-8-4-5-9-13(12)16(21)23/h4-5,8-9,14H,6-7,10-11H2,1-3H3,(H,20,26)(H,24,25)/t14-/m1/s1. The normalized spacial score (nSPS) is 14.6. The van der Waals surface area contributed by atoms with E-state index < -0.39 is 35.6 Å². The van der Waals surface area contributed by atoms with Gasteiger partial charge in [0.15, 0.2) is 6.10 Å². The van der Waals surface area contributed by atoms with Crippen LogP contribution in [-0.4, -0.2) is 52.3 Å². The van der Waals surface area contributed by atoms with Crippen LogP contribution < -0.4 is 5.32 Å². The van der Waals surface area contributed by atoms with Crippen LogP contribution >= 0.6 is 0 Å². The molecule has 0 unspecified atom stereocenters. The van der Waals surface area contributed by atoms with Crippen LogP contribution in [0.1, 0.15) is 60.7 Å². The maximum absolute atomic E-state index is 12.3. The van der Waals surface area contributed by atoms with Gasteiger partial charge in [0.1, 0.15) is 5.60 Å². The van der Waals surface area contributed by atoms with E-state index in [1.165, 1.54) is 12.1 Å². The molecule has 0 saturated heterocycles. The maximum Gasteiger partial charge on any atom is 0.407 e. The number of hydrogen-bond acceptors (Lipinski definition) is 6. The lowest BCUT2D eigenvalue weighted by Crippen LogP contribution is -2.38. The van der Waals surface area contributed by atoms with Crippen molar-refractivity contribution in [2.24, 2.45) is 0 Å². The van der Waals surface area contributed by atoms with Crippen molar-refractivity contribution in [3.63, 3.8) is 0 Å². The van der Waals surface area contributed by atoms with Crippen LogP contribution in [0.2, 0.25) is 0 Å². The highest BCUT2D eigenvalue weighted by molar-refractivity contribution is 6.20. The number of benzene rings is 1. The van der Waals surface area contributed by atoms with Gasteiger partial charge in [-0.2, -0.15) is 0 Å². The summed E-state index contributed by atoms with van der Waals surface area (Å²) in [7, 11) is 0. The molecule has 1 aromatic rings. The lowest BCUT2D eigenvalue weighted by Gasteiger charge is -2.20. The number of rotatable bonds is 8. The maximum atomic E-state index is 12.3. The van der Waals surface area contributed by atoms with Crippen molar-refractivity contribution in [1.82, 2.24) is 10.4 Å². The monoisotopic (exact) mass is 392 g/mol. The van der Waals surface area contributed by atoms with Gasteiger partial charge in [-0.1, -0.05) is 12.1 Å². The molecule has 1 aliphatic heterocycles. The summed E-state index contributed by atoms with van der Waals surface area (Å²) in [6.45, 7) is 5.55. The molecule has 2 N–H and O–H groups in total. The van der Waals surface area contributed by atoms with E-state index in [-0.39, 0.29) is 17.5 Å². The summed E-state index contributed by atoms with van der Waals surface area (Å²) in [5.41, 5.74) is -0.241. The quantitative estimate of drug-likeness (QED) is 0.514. The number of fused-ring (bicyclic) bond motifs is 1. The van der Waals surface area contributed by atoms with Crippen LogP contribution in [0.25, 0.3) is 0 Å². The molecule has 0 aromatic heterocycles. The van der Waals surface area contributed by atoms with Gasteiger partial charge in [0, 0.05) is 6.54 Å². The summed E-state index contributed by atoms with van der Waals surface area (Å²) in [5.74, 6) is -2.64. The lowest BCUT2D eigenvalue weighted by atomic mass is 10.1. The van der Waals surface area contributed by atoms with E-state index in [1.54, 1.807) is 32.9 Å². The highest BCUT2D eigenvalue weighted by Crippen LogP contribution is 2.24. The molecule has 3 amide bonds. The molecular formula is C19H24N2O7. The van der Waals surface area contributed by atoms with Gasteiger partial charge in [0.05, 0.1) is 11.1 Å². The van der Waals surface area contributed by atoms with Gasteiger partial charge >= 0.3 is 12.1 Å². The fraction of sp³-hybridized carbons (Fsp3) is 0.474. The predicted molar refractivity (Wildman–Crippen MR) is 97.5 cm³/mol. The molecule has 0 spiro atoms. The highest BCUT2D eigenvalue weighted by atomic mass is 16.7. The third-order valence-corrected chi connectivity index (χ3v) is 3.83. The van der Waals surface area contributed by atoms with E-state index in [2.05, 4.69) is 5.32 Å². The molecule has 0 saturated carbocycles. The number of carboxylic acid groups (broad SMARTS) is 1. The molecule has 1 heterocycles. The smallest absolute Gasteiger partial charge is 0.407 e. The number of hydrogen-bond donors (Lipinski definition) is 2. The number of nitrogens with zero attached hydrogens (tertiary/aromatic N) is 1. The van der Waals surface area contributed by atoms with Crippen LogP contribution in [-0.2, 0) is 14.4 Å². The summed E-state index contributed by atoms with van der Waals surface area (Å²) in [6.07, 6.45) is -0.961. The first-order valence-electron chi connectivity index (χ1n) is 8.94. The Kier molecular flexibility index (Phi) is 6.74. The largest absolute Gasteiger partial charge is 0.479 e. The molecule has 28 heavy (non-hydrogen) atoms. The third kappa shape index (κ3) is 5.53. The zero-order valence-corrected chi connectivity index (χ0v) is 16.1. The van der Waals surface area contributed by atoms with E-state index in [0.717, 1.165) is 0 Å². The summed E-state index contributed by atoms with van der Waals surface area (Å²) < 4.78 is 5.10. The SMILES string of the molecule is CC(C)(C)OC(=O)NCCCC[C@@H](ON1C(=O)c2ccccc2C1=O)C(=O)O. The summed E-state index contributed by atoms with van der Waals surface area (Å²) in [5, 5.41) is 12.4. The first-order chi connectivity index (χ1) is 13.1. The molecule has 1 aliphatic rings. The Bertz CT molecular complexity index is 735. The fourth-order valence-corrected chi connectivity index (χ4v) is 2.57. The molecule has 0 aliphatic carbocycles. The van der Waals surface area contributed by atoms with Crippen LogP contribution in [0.15, 0.2) is 24.3 Å². The van der Waals surface area contributed by atoms with Crippen molar-refractivity contribution >= 4 is 23.9 Å². The second kappa shape index (κ2) is 8.83. The number of imide groups is 1. The minimum absolute atomic E-state index is 0.0682. The number of ether oxygens (including phenoxy) is 1. The average molecular weight is 392 g/mol. The second-order valence-electron chi connectivity index (χ2n) is 7.31. The van der Waals surface area contributed by atoms with E-state index in [0.29, 0.717) is 24.4 Å². The Balaban J connectivity index is 1.82. The Morgan fingerprint density at radius 3 is 2.18 bits per heavy atom. The number of carboxylic acids is 1. The minimum atomic E-state index is -1.36. The number of alkyl carbamates (subject to hydrolysis) is 1. The minimum Gasteiger partial charge on any atom is -0.479 e. The first-order valence-corrected chi connectivity index (χ1v) is 8.94. The van der Waals surface area contributed by atoms with Gasteiger partial charge in [-0.05, 0) is 52.2 Å². The van der Waals surface area contributed by atoms with Crippen molar-refractivity contribution in [3.8, 4) is 0 Å². The summed E-state index contributed by atoms with van der Waals surface area (Å²) in [4.78, 5) is 52.7. The summed E-state index contributed by atoms with van der Waals surface area (Å²) >= 11 is 0. The zero-order valence-electron chi connectivity index (χ0n) is 16.1. The Morgan fingerprint density at radius 1 is 1.11 bits per heavy atom. The number of unbranched alkanes of at least 4 members (excludes halogenated alkanes) is 1. The van der Waals surface area contributed by atoms with Crippen LogP contribution in [0, 0.1) is 0 Å². The van der Waals surface area contributed by atoms with Crippen LogP contribution in [0.5, 0.6) is 0 Å². The average Bonchev–Trinajstić information content (AvgIpc) is 2.83. The number of carbonyl (C=O) groups excluding carboxylic acids is 3. The Morgan fingerprint density at radius 2 is 1.68 bits per heavy atom. The number of aliphatic carboxylic acids is 1. The Labute approximate surface area is 162 Å². The number of hydroxylamine groups is 2. The summed E-state index contributed by atoms with van der Waals surface area (Å²) in [6, 6.07) is 6.19. The fourth-order valence-electron chi connectivity index (χ4n) is 2.57. The number of nitrogens with one attached hydrogen (secondary N) is 1. The molecule has 2 rings (SSSR count). The molecule has 1 atom stereocenters. The number of carbonyl (C=O) groups is 4. The molecule has 152 valence electrons. The van der Waals surface area contributed by atoms with Gasteiger partial charge in [-0.25, -0.2) is 14.4 Å². The molecule has 9 heteroatoms. The van der Waals surface area contributed by atoms with Gasteiger partial charge in [-0.3, -0.25) is 9.59 Å². The van der Waals surface area contributed by atoms with Crippen molar-refractivity contribution < 1.29 is 33.9 Å². The van der Waals surface area contributed by atoms with Crippen LogP contribution in [0.3, 0.4) is 0 Å². The van der Waals surface area contributed by atoms with Crippen LogP contribution in [0.4, 0.5) is 4.79 Å². The topological polar surface area (TPSA) is 122 Å². The molecule has 9 nitrogen and oxygen atoms in total. The molecule has 0 radical (unpaired) electrons. The lowest BCUT2D eigenvalue weighted by molar-refractivity contribution is -0.175. The highest BCUT2D eigenvalue weighted by Gasteiger charge is 2.39. The molecule has 0 fully saturated rings. The van der Waals surface area contributed by atoms with Gasteiger partial charge < -0.3 is 15.2 Å². The van der Waals surface area contributed by atoms with Crippen molar-refractivity contribution in [1.29, 1.82) is 0 Å². The van der Waals surface area contributed by atoms with E-state index in [1.807, 2.05) is 0 Å². The van der Waals surface area contributed by atoms with E-state index in [4.69, 9.17) is 9.57 Å². The van der Waals surface area contributed by atoms with Crippen molar-refractivity contribution in [2.45, 2.75) is 51.7 Å². The number of amides is 3. The third-order valence-electron chi connectivity index (χ3n) is 3.83. The van der Waals surface area contributed by atoms with Gasteiger partial charge in [0.25, 0.3) is 11.8 Å². The predicted octanol–water partition coefficient (Wildman–Crippen LogP) is 2.36. The van der Waals surface area contributed by atoms with Gasteiger partial charge in [-0.15, -0.1) is 5.06 Å². The van der Waals surface area contributed by atoms with E-state index in [9.17, 15) is 24.3 Å². The molecular weight excluding hydrogens is 368 g/mol. The molecule has 1 aromatic carbocycles. The van der Waals surface area contributed by atoms with Gasteiger partial charge in [0.2, 0.25) is 0 Å².